The summed E-state index contributed by atoms with van der Waals surface area (Å²) in [4.78, 5) is 36.8. The van der Waals surface area contributed by atoms with Gasteiger partial charge in [0.05, 0.1) is 7.11 Å². The van der Waals surface area contributed by atoms with Crippen LogP contribution in [0.15, 0.2) is 44.1 Å². The summed E-state index contributed by atoms with van der Waals surface area (Å²) >= 11 is 0. The van der Waals surface area contributed by atoms with E-state index in [1.807, 2.05) is 26.0 Å². The molecular weight excluding hydrogens is 474 g/mol. The van der Waals surface area contributed by atoms with Crippen molar-refractivity contribution in [1.29, 1.82) is 0 Å². The van der Waals surface area contributed by atoms with Crippen molar-refractivity contribution in [2.45, 2.75) is 85.0 Å². The molecule has 3 unspecified atom stereocenters. The van der Waals surface area contributed by atoms with Crippen LogP contribution in [-0.4, -0.2) is 24.1 Å². The van der Waals surface area contributed by atoms with E-state index in [1.54, 1.807) is 13.0 Å². The van der Waals surface area contributed by atoms with Gasteiger partial charge in [-0.25, -0.2) is 9.59 Å². The van der Waals surface area contributed by atoms with E-state index in [4.69, 9.17) is 8.83 Å². The summed E-state index contributed by atoms with van der Waals surface area (Å²) in [5.41, 5.74) is -1.14. The number of alkyl carbamates (subject to hydrolysis) is 1. The number of unbranched alkanes of at least 4 members (excludes halogenated alkanes) is 3. The Morgan fingerprint density at radius 3 is 2.51 bits per heavy atom. The third-order valence-corrected chi connectivity index (χ3v) is 6.74. The fraction of sp³-hybridized carbons (Fsp3) is 0.552. The number of aromatic hydroxyl groups is 1. The van der Waals surface area contributed by atoms with Crippen LogP contribution in [0.25, 0.3) is 0 Å². The molecule has 3 atom stereocenters. The second-order valence-electron chi connectivity index (χ2n) is 9.73. The third kappa shape index (κ3) is 9.26. The van der Waals surface area contributed by atoms with Crippen LogP contribution in [-0.2, 0) is 17.6 Å². The summed E-state index contributed by atoms with van der Waals surface area (Å²) in [7, 11) is 1.28. The molecule has 2 N–H and O–H groups in total. The van der Waals surface area contributed by atoms with Crippen molar-refractivity contribution in [3.05, 3.63) is 63.7 Å². The van der Waals surface area contributed by atoms with E-state index < -0.39 is 23.4 Å². The zero-order valence-corrected chi connectivity index (χ0v) is 22.7. The summed E-state index contributed by atoms with van der Waals surface area (Å²) in [5.74, 6) is 0.466. The van der Waals surface area contributed by atoms with Gasteiger partial charge in [-0.1, -0.05) is 53.0 Å². The first kappa shape index (κ1) is 29.9. The normalized spacial score (nSPS) is 13.9. The fourth-order valence-electron chi connectivity index (χ4n) is 4.10. The number of amides is 1. The molecule has 0 aliphatic carbocycles. The van der Waals surface area contributed by atoms with Crippen molar-refractivity contribution < 1.29 is 28.3 Å². The molecule has 0 fully saturated rings. The molecule has 204 valence electrons. The monoisotopic (exact) mass is 515 g/mol. The number of carbonyl (C=O) groups is 2. The lowest BCUT2D eigenvalue weighted by atomic mass is 9.86. The molecular formula is C29H41NO7. The van der Waals surface area contributed by atoms with E-state index in [2.05, 4.69) is 17.0 Å². The Morgan fingerprint density at radius 2 is 1.84 bits per heavy atom. The Hall–Kier alpha value is -3.29. The molecule has 2 aromatic rings. The number of Topliss-reactive ketones (excluding diaryl/α,β-unsaturated/α-hetero) is 1. The minimum absolute atomic E-state index is 0.102. The zero-order valence-electron chi connectivity index (χ0n) is 22.7. The highest BCUT2D eigenvalue weighted by Gasteiger charge is 2.29. The largest absolute Gasteiger partial charge is 0.507 e. The summed E-state index contributed by atoms with van der Waals surface area (Å²) in [6.45, 7) is 7.73. The van der Waals surface area contributed by atoms with Crippen LogP contribution in [0.2, 0.25) is 0 Å². The second kappa shape index (κ2) is 15.1. The zero-order chi connectivity index (χ0) is 27.4. The van der Waals surface area contributed by atoms with Crippen LogP contribution >= 0.6 is 0 Å². The van der Waals surface area contributed by atoms with E-state index in [9.17, 15) is 19.5 Å². The third-order valence-electron chi connectivity index (χ3n) is 6.74. The van der Waals surface area contributed by atoms with Crippen LogP contribution in [0.4, 0.5) is 4.79 Å². The smallest absolute Gasteiger partial charge is 0.410 e. The molecule has 8 heteroatoms. The van der Waals surface area contributed by atoms with Gasteiger partial charge >= 0.3 is 11.7 Å². The van der Waals surface area contributed by atoms with Crippen molar-refractivity contribution >= 4 is 11.9 Å². The molecule has 0 saturated heterocycles. The quantitative estimate of drug-likeness (QED) is 0.205. The highest BCUT2D eigenvalue weighted by Crippen LogP contribution is 2.28. The maximum absolute atomic E-state index is 13.1. The SMILES string of the molecule is CCCCCCc1ccc(CC(C)C(C)C(=O)c2c(O)cc(C(C)CC/C=C/NC(=O)OC)oc2=O)o1. The number of hydrogen-bond donors (Lipinski definition) is 2. The Balaban J connectivity index is 1.98. The Labute approximate surface area is 219 Å². The first-order valence-electron chi connectivity index (χ1n) is 13.2. The Morgan fingerprint density at radius 1 is 1.11 bits per heavy atom. The molecule has 0 radical (unpaired) electrons. The van der Waals surface area contributed by atoms with Gasteiger partial charge < -0.3 is 18.7 Å². The summed E-state index contributed by atoms with van der Waals surface area (Å²) < 4.78 is 15.8. The van der Waals surface area contributed by atoms with Gasteiger partial charge in [0.25, 0.3) is 0 Å². The average molecular weight is 516 g/mol. The minimum atomic E-state index is -0.832. The Kier molecular flexibility index (Phi) is 12.2. The molecule has 0 aliphatic rings. The molecule has 0 spiro atoms. The molecule has 0 saturated carbocycles. The predicted molar refractivity (Wildman–Crippen MR) is 142 cm³/mol. The first-order chi connectivity index (χ1) is 17.7. The summed E-state index contributed by atoms with van der Waals surface area (Å²) in [6.07, 6.45) is 10.0. The molecule has 8 nitrogen and oxygen atoms in total. The number of ketones is 1. The van der Waals surface area contributed by atoms with E-state index in [0.29, 0.717) is 25.0 Å². The van der Waals surface area contributed by atoms with Gasteiger partial charge in [-0.05, 0) is 37.3 Å². The first-order valence-corrected chi connectivity index (χ1v) is 13.2. The molecule has 0 aliphatic heterocycles. The number of nitrogens with one attached hydrogen (secondary N) is 1. The highest BCUT2D eigenvalue weighted by molar-refractivity contribution is 5.99. The van der Waals surface area contributed by atoms with Gasteiger partial charge in [-0.15, -0.1) is 0 Å². The van der Waals surface area contributed by atoms with Gasteiger partial charge in [-0.2, -0.15) is 0 Å². The van der Waals surface area contributed by atoms with Crippen molar-refractivity contribution in [3.63, 3.8) is 0 Å². The van der Waals surface area contributed by atoms with Crippen molar-refractivity contribution in [2.75, 3.05) is 7.11 Å². The van der Waals surface area contributed by atoms with Crippen molar-refractivity contribution in [3.8, 4) is 5.75 Å². The van der Waals surface area contributed by atoms with Crippen LogP contribution in [0.3, 0.4) is 0 Å². The molecule has 2 aromatic heterocycles. The van der Waals surface area contributed by atoms with Crippen LogP contribution in [0.1, 0.15) is 99.8 Å². The standard InChI is InChI=1S/C29H41NO7/c1-6-7-8-9-13-22-14-15-23(36-22)17-20(3)21(4)27(32)26-24(31)18-25(37-28(26)33)19(2)12-10-11-16-30-29(34)35-5/h11,14-16,18-21,31H,6-10,12-13,17H2,1-5H3,(H,30,34)/b16-11+. The maximum atomic E-state index is 13.1. The maximum Gasteiger partial charge on any atom is 0.410 e. The average Bonchev–Trinajstić information content (AvgIpc) is 3.31. The number of aryl methyl sites for hydroxylation is 1. The number of ether oxygens (including phenoxy) is 1. The lowest BCUT2D eigenvalue weighted by Crippen LogP contribution is -2.26. The van der Waals surface area contributed by atoms with Gasteiger partial charge in [0, 0.05) is 36.9 Å². The second-order valence-corrected chi connectivity index (χ2v) is 9.73. The van der Waals surface area contributed by atoms with Gasteiger partial charge in [0.15, 0.2) is 5.78 Å². The topological polar surface area (TPSA) is 119 Å². The lowest BCUT2D eigenvalue weighted by molar-refractivity contribution is 0.0883. The minimum Gasteiger partial charge on any atom is -0.507 e. The fourth-order valence-corrected chi connectivity index (χ4v) is 4.10. The van der Waals surface area contributed by atoms with E-state index in [-0.39, 0.29) is 23.1 Å². The molecule has 2 rings (SSSR count). The molecule has 0 bridgehead atoms. The summed E-state index contributed by atoms with van der Waals surface area (Å²) in [5, 5.41) is 13.0. The van der Waals surface area contributed by atoms with E-state index >= 15 is 0 Å². The predicted octanol–water partition coefficient (Wildman–Crippen LogP) is 6.51. The van der Waals surface area contributed by atoms with Gasteiger partial charge in [0.1, 0.15) is 28.6 Å². The molecule has 2 heterocycles. The number of carbonyl (C=O) groups excluding carboxylic acids is 2. The molecule has 0 aromatic carbocycles. The van der Waals surface area contributed by atoms with Gasteiger partial charge in [0.2, 0.25) is 0 Å². The molecule has 37 heavy (non-hydrogen) atoms. The number of rotatable bonds is 15. The van der Waals surface area contributed by atoms with E-state index in [0.717, 1.165) is 24.4 Å². The lowest BCUT2D eigenvalue weighted by Gasteiger charge is -2.18. The number of methoxy groups -OCH3 is 1. The van der Waals surface area contributed by atoms with Crippen molar-refractivity contribution in [2.24, 2.45) is 11.8 Å². The van der Waals surface area contributed by atoms with Crippen LogP contribution in [0.5, 0.6) is 5.75 Å². The number of hydrogen-bond acceptors (Lipinski definition) is 7. The number of allylic oxidation sites excluding steroid dienone is 1. The van der Waals surface area contributed by atoms with Crippen LogP contribution in [0, 0.1) is 11.8 Å². The summed E-state index contributed by atoms with van der Waals surface area (Å²) in [6, 6.07) is 5.29. The number of furan rings is 1. The van der Waals surface area contributed by atoms with Crippen molar-refractivity contribution in [1.82, 2.24) is 5.32 Å². The van der Waals surface area contributed by atoms with Crippen LogP contribution < -0.4 is 10.9 Å². The molecule has 1 amide bonds. The highest BCUT2D eigenvalue weighted by atomic mass is 16.5. The van der Waals surface area contributed by atoms with E-state index in [1.165, 1.54) is 38.6 Å². The van der Waals surface area contributed by atoms with Gasteiger partial charge in [-0.3, -0.25) is 10.1 Å². The Bertz CT molecular complexity index is 1100.